The molecule has 12 rings (SSSR count). The van der Waals surface area contributed by atoms with Gasteiger partial charge >= 0.3 is 0 Å². The molecule has 9 heterocycles. The van der Waals surface area contributed by atoms with E-state index in [1.165, 1.54) is 36.4 Å². The largest absolute Gasteiger partial charge is 0.506 e. The minimum Gasteiger partial charge on any atom is -0.506 e. The Morgan fingerprint density at radius 3 is 1.58 bits per heavy atom. The fraction of sp³-hybridized carbons (Fsp3) is 0.312. The van der Waals surface area contributed by atoms with E-state index in [1.807, 2.05) is 46.4 Å². The van der Waals surface area contributed by atoms with Gasteiger partial charge in [0.15, 0.2) is 34.7 Å². The molecule has 3 aliphatic heterocycles. The van der Waals surface area contributed by atoms with Crippen molar-refractivity contribution < 1.29 is 32.9 Å². The number of anilines is 3. The molecule has 3 aliphatic rings. The Morgan fingerprint density at radius 1 is 0.615 bits per heavy atom. The zero-order valence-electron chi connectivity index (χ0n) is 49.8. The standard InChI is InChI=1S/C22H23FN6O.C21H20Cl2FN5O2.C21H23Cl2N5O2/c1-14(20-9-18(23)3-2-15(20)10-24)30-21-8-16(11-27-22(21)25)17-12-28-29(13-17)19-4-6-26-7-5-19;1-11(19-15(22)3-4-16(24)20(19)23)31-17-6-12(7-26-21(17)25)13-8-27-29(9-13)10-14-2-5-18(30)28-14;1-12(19-16(22)2-3-17(29)20(19)23)30-18-8-13(9-26-21(18)24)14-10-27-28(11-14)15-4-6-25-7-5-15/h2-3,8-9,11-14,19,26H,4-7H2,1H3,(H2,25,27);3-4,6-9,11,14H,2,5,10H2,1H3,(H2,25,26)(H,28,30);2-3,8-12,15,25,29H,4-7H2,1H3,(H2,24,26). The van der Waals surface area contributed by atoms with Gasteiger partial charge in [0.1, 0.15) is 35.7 Å². The summed E-state index contributed by atoms with van der Waals surface area (Å²) < 4.78 is 51.3. The minimum absolute atomic E-state index is 0.0586. The zero-order valence-corrected chi connectivity index (χ0v) is 52.8. The number of carbonyl (C=O) groups excluding carboxylic acids is 1. The molecule has 6 aromatic heterocycles. The fourth-order valence-electron chi connectivity index (χ4n) is 10.9. The highest BCUT2D eigenvalue weighted by Gasteiger charge is 2.26. The molecule has 3 aromatic carbocycles. The second kappa shape index (κ2) is 29.5. The molecule has 91 heavy (non-hydrogen) atoms. The van der Waals surface area contributed by atoms with E-state index in [4.69, 9.17) is 77.8 Å². The fourth-order valence-corrected chi connectivity index (χ4v) is 12.2. The van der Waals surface area contributed by atoms with Crippen LogP contribution >= 0.6 is 46.4 Å². The Bertz CT molecular complexity index is 4090. The van der Waals surface area contributed by atoms with Gasteiger partial charge in [0.2, 0.25) is 5.91 Å². The van der Waals surface area contributed by atoms with Gasteiger partial charge in [-0.25, -0.2) is 23.7 Å². The van der Waals surface area contributed by atoms with Crippen LogP contribution < -0.4 is 47.4 Å². The Labute approximate surface area is 543 Å². The Balaban J connectivity index is 0.000000150. The summed E-state index contributed by atoms with van der Waals surface area (Å²) in [5.41, 5.74) is 24.8. The number of aromatic nitrogens is 9. The normalized spacial score (nSPS) is 16.1. The molecule has 0 radical (unpaired) electrons. The Kier molecular flexibility index (Phi) is 21.1. The number of piperidine rings is 2. The van der Waals surface area contributed by atoms with Crippen LogP contribution in [-0.2, 0) is 11.3 Å². The van der Waals surface area contributed by atoms with Crippen molar-refractivity contribution in [1.82, 2.24) is 60.2 Å². The van der Waals surface area contributed by atoms with Crippen LogP contribution in [0.4, 0.5) is 26.2 Å². The molecule has 474 valence electrons. The number of rotatable bonds is 16. The number of benzene rings is 3. The van der Waals surface area contributed by atoms with Crippen LogP contribution in [0, 0.1) is 23.0 Å². The molecule has 3 fully saturated rings. The average Bonchev–Trinajstić information content (AvgIpc) is 1.90. The van der Waals surface area contributed by atoms with Crippen molar-refractivity contribution in [3.8, 4) is 62.4 Å². The van der Waals surface area contributed by atoms with E-state index in [-0.39, 0.29) is 45.2 Å². The number of ether oxygens (including phenoxy) is 3. The van der Waals surface area contributed by atoms with E-state index in [0.29, 0.717) is 74.6 Å². The van der Waals surface area contributed by atoms with Crippen molar-refractivity contribution in [3.63, 3.8) is 0 Å². The maximum Gasteiger partial charge on any atom is 0.220 e. The quantitative estimate of drug-likeness (QED) is 0.0442. The summed E-state index contributed by atoms with van der Waals surface area (Å²) in [5, 5.41) is 43.0. The summed E-state index contributed by atoms with van der Waals surface area (Å²) in [6.07, 6.45) is 20.0. The first kappa shape index (κ1) is 65.2. The van der Waals surface area contributed by atoms with Crippen molar-refractivity contribution in [3.05, 3.63) is 170 Å². The van der Waals surface area contributed by atoms with Crippen molar-refractivity contribution in [2.75, 3.05) is 43.4 Å². The van der Waals surface area contributed by atoms with Crippen LogP contribution in [0.2, 0.25) is 20.1 Å². The Hall–Kier alpha value is -8.76. The van der Waals surface area contributed by atoms with Gasteiger partial charge in [-0.1, -0.05) is 46.4 Å². The predicted molar refractivity (Wildman–Crippen MR) is 346 cm³/mol. The van der Waals surface area contributed by atoms with Gasteiger partial charge in [0, 0.05) is 110 Å². The molecule has 9 aromatic rings. The van der Waals surface area contributed by atoms with Crippen LogP contribution in [0.5, 0.6) is 23.0 Å². The number of amides is 1. The highest BCUT2D eigenvalue weighted by Crippen LogP contribution is 2.41. The second-order valence-corrected chi connectivity index (χ2v) is 23.7. The highest BCUT2D eigenvalue weighted by molar-refractivity contribution is 6.37. The number of aromatic hydroxyl groups is 1. The van der Waals surface area contributed by atoms with E-state index in [2.05, 4.69) is 52.3 Å². The number of hydrogen-bond donors (Lipinski definition) is 7. The van der Waals surface area contributed by atoms with Crippen LogP contribution in [0.3, 0.4) is 0 Å². The maximum atomic E-state index is 13.9. The molecule has 1 amide bonds. The van der Waals surface area contributed by atoms with Gasteiger partial charge in [-0.2, -0.15) is 20.6 Å². The van der Waals surface area contributed by atoms with E-state index in [9.17, 15) is 23.9 Å². The van der Waals surface area contributed by atoms with Gasteiger partial charge in [0.25, 0.3) is 0 Å². The van der Waals surface area contributed by atoms with Crippen molar-refractivity contribution >= 4 is 69.8 Å². The molecule has 21 nitrogen and oxygen atoms in total. The third-order valence-corrected chi connectivity index (χ3v) is 17.3. The summed E-state index contributed by atoms with van der Waals surface area (Å²) in [4.78, 5) is 24.1. The lowest BCUT2D eigenvalue weighted by Gasteiger charge is -2.22. The second-order valence-electron chi connectivity index (χ2n) is 22.1. The van der Waals surface area contributed by atoms with E-state index in [0.717, 1.165) is 91.7 Å². The van der Waals surface area contributed by atoms with Gasteiger partial charge in [-0.3, -0.25) is 18.8 Å². The monoisotopic (exact) mass is 1320 g/mol. The molecule has 0 aliphatic carbocycles. The molecule has 4 atom stereocenters. The van der Waals surface area contributed by atoms with E-state index in [1.54, 1.807) is 68.4 Å². The third-order valence-electron chi connectivity index (χ3n) is 15.8. The number of phenols is 1. The number of pyridine rings is 3. The lowest BCUT2D eigenvalue weighted by atomic mass is 10.0. The van der Waals surface area contributed by atoms with Crippen molar-refractivity contribution in [1.29, 1.82) is 5.26 Å². The molecule has 10 N–H and O–H groups in total. The Morgan fingerprint density at radius 2 is 1.09 bits per heavy atom. The first-order valence-corrected chi connectivity index (χ1v) is 30.9. The molecular weight excluding hydrogens is 1250 g/mol. The van der Waals surface area contributed by atoms with Crippen molar-refractivity contribution in [2.45, 2.75) is 102 Å². The SMILES string of the molecule is CC(Oc1cc(-c2cnn(C3CCNCC3)c2)cnc1N)c1c(Cl)ccc(O)c1Cl.CC(Oc1cc(-c2cnn(C3CCNCC3)c2)cnc1N)c1cc(F)ccc1C#N.CC(Oc1cc(-c2cnn(CC3CCC(=O)N3)c2)cnc1N)c1c(Cl)ccc(F)c1Cl. The smallest absolute Gasteiger partial charge is 0.220 e. The minimum atomic E-state index is -0.663. The number of nitrogens with one attached hydrogen (secondary N) is 3. The number of nitrogens with two attached hydrogens (primary N) is 3. The van der Waals surface area contributed by atoms with Crippen molar-refractivity contribution in [2.24, 2.45) is 0 Å². The molecular formula is C64H66Cl4F2N16O5. The van der Waals surface area contributed by atoms with E-state index >= 15 is 0 Å². The molecule has 0 spiro atoms. The molecule has 0 saturated carbocycles. The number of nitrogens with zero attached hydrogens (tertiary/aromatic N) is 10. The lowest BCUT2D eigenvalue weighted by Crippen LogP contribution is -2.29. The zero-order chi connectivity index (χ0) is 64.5. The number of halogens is 6. The number of hydrogen-bond acceptors (Lipinski definition) is 17. The highest BCUT2D eigenvalue weighted by atomic mass is 35.5. The molecule has 27 heteroatoms. The number of nitrogen functional groups attached to an aromatic ring is 3. The third kappa shape index (κ3) is 15.9. The number of nitriles is 1. The van der Waals surface area contributed by atoms with Gasteiger partial charge < -0.3 is 52.5 Å². The van der Waals surface area contributed by atoms with Crippen LogP contribution in [-0.4, -0.2) is 87.5 Å². The summed E-state index contributed by atoms with van der Waals surface area (Å²) >= 11 is 24.8. The number of phenolic OH excluding ortho intramolecular Hbond substituents is 1. The summed E-state index contributed by atoms with van der Waals surface area (Å²) in [6, 6.07) is 17.9. The van der Waals surface area contributed by atoms with Gasteiger partial charge in [0.05, 0.1) is 58.9 Å². The summed E-state index contributed by atoms with van der Waals surface area (Å²) in [5.74, 6) is 0.762. The van der Waals surface area contributed by atoms with E-state index < -0.39 is 29.9 Å². The summed E-state index contributed by atoms with van der Waals surface area (Å²) in [7, 11) is 0. The summed E-state index contributed by atoms with van der Waals surface area (Å²) in [6.45, 7) is 9.80. The van der Waals surface area contributed by atoms with Crippen LogP contribution in [0.25, 0.3) is 33.4 Å². The first-order valence-electron chi connectivity index (χ1n) is 29.4. The van der Waals surface area contributed by atoms with Gasteiger partial charge in [-0.05, 0) is 140 Å². The number of carbonyl (C=O) groups is 1. The topological polar surface area (TPSA) is 295 Å². The maximum absolute atomic E-state index is 13.9. The van der Waals surface area contributed by atoms with Crippen LogP contribution in [0.1, 0.15) is 112 Å². The molecule has 0 bridgehead atoms. The van der Waals surface area contributed by atoms with Gasteiger partial charge in [-0.15, -0.1) is 0 Å². The predicted octanol–water partition coefficient (Wildman–Crippen LogP) is 12.6. The average molecular weight is 1320 g/mol. The first-order chi connectivity index (χ1) is 43.8. The molecule has 4 unspecified atom stereocenters. The van der Waals surface area contributed by atoms with Crippen LogP contribution in [0.15, 0.2) is 116 Å². The lowest BCUT2D eigenvalue weighted by molar-refractivity contribution is -0.119. The molecule has 3 saturated heterocycles.